The number of methoxy groups -OCH3 is 1. The molecule has 29 heavy (non-hydrogen) atoms. The Balaban J connectivity index is 1.94. The number of imide groups is 1. The number of terminal acetylenes is 1. The van der Waals surface area contributed by atoms with Crippen LogP contribution in [0.2, 0.25) is 0 Å². The van der Waals surface area contributed by atoms with E-state index >= 15 is 0 Å². The molecule has 1 heterocycles. The fourth-order valence-corrected chi connectivity index (χ4v) is 4.38. The Morgan fingerprint density at radius 3 is 2.69 bits per heavy atom. The summed E-state index contributed by atoms with van der Waals surface area (Å²) in [5.41, 5.74) is 1.43. The molecule has 0 unspecified atom stereocenters. The molecule has 0 spiro atoms. The summed E-state index contributed by atoms with van der Waals surface area (Å²) in [4.78, 5) is 26.9. The van der Waals surface area contributed by atoms with Crippen molar-refractivity contribution in [3.63, 3.8) is 0 Å². The normalized spacial score (nSPS) is 15.0. The zero-order chi connectivity index (χ0) is 21.0. The van der Waals surface area contributed by atoms with Gasteiger partial charge in [-0.15, -0.1) is 6.42 Å². The van der Waals surface area contributed by atoms with Gasteiger partial charge in [-0.25, -0.2) is 0 Å². The number of carbonyl (C=O) groups is 2. The van der Waals surface area contributed by atoms with Gasteiger partial charge in [0, 0.05) is 14.5 Å². The van der Waals surface area contributed by atoms with Crippen LogP contribution in [0.15, 0.2) is 50.2 Å². The maximum absolute atomic E-state index is 12.9. The van der Waals surface area contributed by atoms with Gasteiger partial charge < -0.3 is 9.47 Å². The summed E-state index contributed by atoms with van der Waals surface area (Å²) in [5, 5.41) is -0.329. The first-order valence-electron chi connectivity index (χ1n) is 8.37. The first kappa shape index (κ1) is 21.5. The van der Waals surface area contributed by atoms with Crippen molar-refractivity contribution in [2.75, 3.05) is 13.7 Å². The summed E-state index contributed by atoms with van der Waals surface area (Å²) in [6, 6.07) is 11.0. The van der Waals surface area contributed by atoms with Crippen molar-refractivity contribution in [1.29, 1.82) is 0 Å². The van der Waals surface area contributed by atoms with Crippen LogP contribution in [-0.4, -0.2) is 29.8 Å². The summed E-state index contributed by atoms with van der Waals surface area (Å²) in [6.45, 7) is 0.230. The molecule has 1 aliphatic rings. The molecule has 0 atom stereocenters. The molecule has 148 valence electrons. The van der Waals surface area contributed by atoms with E-state index in [2.05, 4.69) is 37.8 Å². The number of hydrogen-bond acceptors (Lipinski definition) is 5. The summed E-state index contributed by atoms with van der Waals surface area (Å²) < 4.78 is 12.6. The number of nitrogens with zero attached hydrogens (tertiary/aromatic N) is 1. The fourth-order valence-electron chi connectivity index (χ4n) is 2.69. The third-order valence-electron chi connectivity index (χ3n) is 4.01. The van der Waals surface area contributed by atoms with Gasteiger partial charge in [-0.2, -0.15) is 0 Å². The Labute approximate surface area is 189 Å². The van der Waals surface area contributed by atoms with Crippen LogP contribution >= 0.6 is 43.6 Å². The molecule has 1 fully saturated rings. The monoisotopic (exact) mass is 535 g/mol. The average molecular weight is 537 g/mol. The predicted octanol–water partition coefficient (Wildman–Crippen LogP) is 5.47. The lowest BCUT2D eigenvalue weighted by atomic mass is 10.1. The second-order valence-electron chi connectivity index (χ2n) is 5.88. The van der Waals surface area contributed by atoms with E-state index in [9.17, 15) is 9.59 Å². The van der Waals surface area contributed by atoms with E-state index in [0.717, 1.165) is 26.3 Å². The van der Waals surface area contributed by atoms with Crippen LogP contribution in [0.25, 0.3) is 6.08 Å². The van der Waals surface area contributed by atoms with Crippen LogP contribution < -0.4 is 9.47 Å². The topological polar surface area (TPSA) is 55.8 Å². The van der Waals surface area contributed by atoms with Gasteiger partial charge in [-0.1, -0.05) is 56.0 Å². The number of ether oxygens (including phenoxy) is 2. The minimum atomic E-state index is -0.363. The third kappa shape index (κ3) is 4.86. The molecule has 0 aromatic heterocycles. The third-order valence-corrected chi connectivity index (χ3v) is 6.15. The molecule has 1 saturated heterocycles. The highest BCUT2D eigenvalue weighted by Gasteiger charge is 2.35. The largest absolute Gasteiger partial charge is 0.493 e. The second-order valence-corrected chi connectivity index (χ2v) is 8.64. The Bertz CT molecular complexity index is 1050. The van der Waals surface area contributed by atoms with Gasteiger partial charge in [0.1, 0.15) is 6.61 Å². The van der Waals surface area contributed by atoms with Crippen LogP contribution in [0.3, 0.4) is 0 Å². The molecule has 2 aromatic rings. The van der Waals surface area contributed by atoms with E-state index in [1.54, 1.807) is 18.2 Å². The number of carbonyl (C=O) groups excluding carboxylic acids is 2. The van der Waals surface area contributed by atoms with Crippen molar-refractivity contribution < 1.29 is 19.1 Å². The van der Waals surface area contributed by atoms with Crippen LogP contribution in [0.5, 0.6) is 11.5 Å². The first-order valence-corrected chi connectivity index (χ1v) is 10.8. The van der Waals surface area contributed by atoms with Gasteiger partial charge in [-0.3, -0.25) is 14.5 Å². The van der Waals surface area contributed by atoms with E-state index in [1.165, 1.54) is 12.0 Å². The van der Waals surface area contributed by atoms with Gasteiger partial charge in [0.05, 0.1) is 18.6 Å². The van der Waals surface area contributed by atoms with Gasteiger partial charge in [-0.05, 0) is 41.6 Å². The zero-order valence-corrected chi connectivity index (χ0v) is 19.3. The fraction of sp³-hybridized carbons (Fsp3) is 0.143. The molecular weight excluding hydrogens is 522 g/mol. The molecular formula is C21H15Br2NO4S. The molecule has 2 aromatic carbocycles. The molecule has 0 bridgehead atoms. The highest BCUT2D eigenvalue weighted by Crippen LogP contribution is 2.40. The molecule has 5 nitrogen and oxygen atoms in total. The van der Waals surface area contributed by atoms with Crippen molar-refractivity contribution in [3.8, 4) is 23.8 Å². The quantitative estimate of drug-likeness (QED) is 0.362. The number of rotatable bonds is 6. The number of benzene rings is 2. The Morgan fingerprint density at radius 1 is 1.24 bits per heavy atom. The highest BCUT2D eigenvalue weighted by atomic mass is 79.9. The SMILES string of the molecule is C#CCOc1c(/C=C2/SC(=O)N(Cc3ccccc3Br)C2=O)cc(Br)cc1OC. The summed E-state index contributed by atoms with van der Waals surface area (Å²) in [7, 11) is 1.51. The lowest BCUT2D eigenvalue weighted by Gasteiger charge is -2.14. The van der Waals surface area contributed by atoms with E-state index in [4.69, 9.17) is 15.9 Å². The number of amides is 2. The van der Waals surface area contributed by atoms with Crippen LogP contribution in [0, 0.1) is 12.3 Å². The van der Waals surface area contributed by atoms with Crippen molar-refractivity contribution in [2.45, 2.75) is 6.54 Å². The average Bonchev–Trinajstić information content (AvgIpc) is 2.95. The Hall–Kier alpha value is -2.21. The number of thioether (sulfide) groups is 1. The molecule has 8 heteroatoms. The van der Waals surface area contributed by atoms with E-state index in [0.29, 0.717) is 22.0 Å². The van der Waals surface area contributed by atoms with Crippen molar-refractivity contribution >= 4 is 60.8 Å². The molecule has 0 saturated carbocycles. The van der Waals surface area contributed by atoms with Crippen LogP contribution in [0.1, 0.15) is 11.1 Å². The van der Waals surface area contributed by atoms with Crippen LogP contribution in [-0.2, 0) is 11.3 Å². The van der Waals surface area contributed by atoms with Gasteiger partial charge in [0.2, 0.25) is 0 Å². The molecule has 2 amide bonds. The molecule has 0 N–H and O–H groups in total. The minimum absolute atomic E-state index is 0.0440. The first-order chi connectivity index (χ1) is 13.9. The molecule has 0 aliphatic carbocycles. The lowest BCUT2D eigenvalue weighted by molar-refractivity contribution is -0.123. The van der Waals surface area contributed by atoms with Crippen molar-refractivity contribution in [1.82, 2.24) is 4.90 Å². The standard InChI is InChI=1S/C21H15Br2NO4S/c1-3-8-28-19-14(9-15(22)11-17(19)27-2)10-18-20(25)24(21(26)29-18)12-13-6-4-5-7-16(13)23/h1,4-7,9-11H,8,12H2,2H3/b18-10+. The predicted molar refractivity (Wildman–Crippen MR) is 121 cm³/mol. The van der Waals surface area contributed by atoms with E-state index in [-0.39, 0.29) is 24.3 Å². The molecule has 1 aliphatic heterocycles. The maximum atomic E-state index is 12.9. The van der Waals surface area contributed by atoms with E-state index < -0.39 is 0 Å². The van der Waals surface area contributed by atoms with Crippen molar-refractivity contribution in [2.24, 2.45) is 0 Å². The highest BCUT2D eigenvalue weighted by molar-refractivity contribution is 9.10. The zero-order valence-electron chi connectivity index (χ0n) is 15.3. The molecule has 3 rings (SSSR count). The van der Waals surface area contributed by atoms with Gasteiger partial charge in [0.15, 0.2) is 11.5 Å². The second kappa shape index (κ2) is 9.53. The number of hydrogen-bond donors (Lipinski definition) is 0. The van der Waals surface area contributed by atoms with Crippen LogP contribution in [0.4, 0.5) is 4.79 Å². The Kier molecular flexibility index (Phi) is 7.06. The minimum Gasteiger partial charge on any atom is -0.493 e. The summed E-state index contributed by atoms with van der Waals surface area (Å²) in [6.07, 6.45) is 6.92. The van der Waals surface area contributed by atoms with Gasteiger partial charge in [0.25, 0.3) is 11.1 Å². The summed E-state index contributed by atoms with van der Waals surface area (Å²) >= 11 is 7.75. The van der Waals surface area contributed by atoms with E-state index in [1.807, 2.05) is 24.3 Å². The smallest absolute Gasteiger partial charge is 0.293 e. The summed E-state index contributed by atoms with van der Waals surface area (Å²) in [5.74, 6) is 2.92. The lowest BCUT2D eigenvalue weighted by Crippen LogP contribution is -2.27. The van der Waals surface area contributed by atoms with Crippen molar-refractivity contribution in [3.05, 3.63) is 61.4 Å². The molecule has 0 radical (unpaired) electrons. The number of halogens is 2. The Morgan fingerprint density at radius 2 is 2.00 bits per heavy atom. The van der Waals surface area contributed by atoms with Gasteiger partial charge >= 0.3 is 0 Å². The maximum Gasteiger partial charge on any atom is 0.293 e.